The fourth-order valence-electron chi connectivity index (χ4n) is 2.76. The molecule has 0 aliphatic carbocycles. The van der Waals surface area contributed by atoms with Crippen LogP contribution in [0.25, 0.3) is 0 Å². The van der Waals surface area contributed by atoms with Crippen molar-refractivity contribution in [1.82, 2.24) is 14.5 Å². The van der Waals surface area contributed by atoms with Crippen LogP contribution in [-0.2, 0) is 10.0 Å². The SMILES string of the molecule is Cc1ccc(C(=O)NCCN(C)C)cc1S(=O)(=O)N1CCCCC1. The lowest BCUT2D eigenvalue weighted by molar-refractivity contribution is 0.0951. The topological polar surface area (TPSA) is 69.7 Å². The molecular weight excluding hydrogens is 326 g/mol. The van der Waals surface area contributed by atoms with Gasteiger partial charge in [-0.3, -0.25) is 4.79 Å². The van der Waals surface area contributed by atoms with E-state index in [4.69, 9.17) is 0 Å². The highest BCUT2D eigenvalue weighted by molar-refractivity contribution is 7.89. The third kappa shape index (κ3) is 4.55. The molecule has 1 aliphatic rings. The number of carbonyl (C=O) groups is 1. The Bertz CT molecular complexity index is 680. The Balaban J connectivity index is 2.20. The number of carbonyl (C=O) groups excluding carboxylic acids is 1. The molecule has 0 saturated carbocycles. The van der Waals surface area contributed by atoms with Crippen molar-refractivity contribution in [1.29, 1.82) is 0 Å². The first-order valence-electron chi connectivity index (χ1n) is 8.36. The number of likely N-dealkylation sites (N-methyl/N-ethyl adjacent to an activating group) is 1. The molecule has 134 valence electrons. The van der Waals surface area contributed by atoms with Gasteiger partial charge >= 0.3 is 0 Å². The second-order valence-electron chi connectivity index (χ2n) is 6.50. The molecule has 1 aromatic rings. The summed E-state index contributed by atoms with van der Waals surface area (Å²) in [6.07, 6.45) is 2.85. The molecule has 7 heteroatoms. The number of piperidine rings is 1. The van der Waals surface area contributed by atoms with Gasteiger partial charge in [-0.2, -0.15) is 4.31 Å². The van der Waals surface area contributed by atoms with Gasteiger partial charge in [-0.05, 0) is 51.6 Å². The zero-order valence-corrected chi connectivity index (χ0v) is 15.5. The van der Waals surface area contributed by atoms with Gasteiger partial charge in [-0.15, -0.1) is 0 Å². The number of amides is 1. The van der Waals surface area contributed by atoms with E-state index in [2.05, 4.69) is 5.32 Å². The minimum atomic E-state index is -3.54. The molecule has 24 heavy (non-hydrogen) atoms. The van der Waals surface area contributed by atoms with E-state index in [1.165, 1.54) is 10.4 Å². The van der Waals surface area contributed by atoms with E-state index >= 15 is 0 Å². The van der Waals surface area contributed by atoms with E-state index in [0.29, 0.717) is 30.8 Å². The monoisotopic (exact) mass is 353 g/mol. The number of rotatable bonds is 6. The summed E-state index contributed by atoms with van der Waals surface area (Å²) in [5, 5.41) is 2.82. The quantitative estimate of drug-likeness (QED) is 0.841. The number of aryl methyl sites for hydroxylation is 1. The second kappa shape index (κ2) is 8.09. The first-order valence-corrected chi connectivity index (χ1v) is 9.80. The average molecular weight is 353 g/mol. The lowest BCUT2D eigenvalue weighted by Crippen LogP contribution is -2.36. The van der Waals surface area contributed by atoms with E-state index in [1.54, 1.807) is 19.1 Å². The molecule has 1 fully saturated rings. The molecule has 1 aromatic carbocycles. The Morgan fingerprint density at radius 1 is 1.21 bits per heavy atom. The normalized spacial score (nSPS) is 16.3. The maximum absolute atomic E-state index is 12.9. The summed E-state index contributed by atoms with van der Waals surface area (Å²) in [6, 6.07) is 4.89. The largest absolute Gasteiger partial charge is 0.351 e. The highest BCUT2D eigenvalue weighted by Gasteiger charge is 2.28. The summed E-state index contributed by atoms with van der Waals surface area (Å²) >= 11 is 0. The first-order chi connectivity index (χ1) is 11.3. The van der Waals surface area contributed by atoms with Crippen molar-refractivity contribution >= 4 is 15.9 Å². The van der Waals surface area contributed by atoms with Gasteiger partial charge in [0.05, 0.1) is 4.90 Å². The number of sulfonamides is 1. The van der Waals surface area contributed by atoms with Crippen molar-refractivity contribution in [3.8, 4) is 0 Å². The molecule has 1 amide bonds. The van der Waals surface area contributed by atoms with E-state index in [-0.39, 0.29) is 10.8 Å². The molecule has 0 unspecified atom stereocenters. The van der Waals surface area contributed by atoms with Gasteiger partial charge in [0.25, 0.3) is 5.91 Å². The number of nitrogens with one attached hydrogen (secondary N) is 1. The predicted octanol–water partition coefficient (Wildman–Crippen LogP) is 1.46. The van der Waals surface area contributed by atoms with Gasteiger partial charge in [0.2, 0.25) is 10.0 Å². The van der Waals surface area contributed by atoms with E-state index in [0.717, 1.165) is 25.8 Å². The molecule has 2 rings (SSSR count). The molecule has 0 radical (unpaired) electrons. The summed E-state index contributed by atoms with van der Waals surface area (Å²) in [4.78, 5) is 14.5. The van der Waals surface area contributed by atoms with Crippen LogP contribution in [0.1, 0.15) is 35.2 Å². The van der Waals surface area contributed by atoms with Crippen LogP contribution in [0.2, 0.25) is 0 Å². The maximum Gasteiger partial charge on any atom is 0.251 e. The Labute approximate surface area is 144 Å². The van der Waals surface area contributed by atoms with Crippen LogP contribution in [0, 0.1) is 6.92 Å². The molecule has 0 atom stereocenters. The van der Waals surface area contributed by atoms with Crippen LogP contribution in [0.3, 0.4) is 0 Å². The van der Waals surface area contributed by atoms with Crippen LogP contribution < -0.4 is 5.32 Å². The van der Waals surface area contributed by atoms with Gasteiger partial charge in [-0.1, -0.05) is 12.5 Å². The summed E-state index contributed by atoms with van der Waals surface area (Å²) in [7, 11) is 0.326. The molecule has 0 spiro atoms. The van der Waals surface area contributed by atoms with Gasteiger partial charge in [0, 0.05) is 31.7 Å². The zero-order valence-electron chi connectivity index (χ0n) is 14.7. The second-order valence-corrected chi connectivity index (χ2v) is 8.41. The fraction of sp³-hybridized carbons (Fsp3) is 0.588. The van der Waals surface area contributed by atoms with Crippen LogP contribution >= 0.6 is 0 Å². The van der Waals surface area contributed by atoms with Gasteiger partial charge in [0.15, 0.2) is 0 Å². The highest BCUT2D eigenvalue weighted by atomic mass is 32.2. The van der Waals surface area contributed by atoms with Crippen molar-refractivity contribution in [3.05, 3.63) is 29.3 Å². The smallest absolute Gasteiger partial charge is 0.251 e. The lowest BCUT2D eigenvalue weighted by Gasteiger charge is -2.26. The summed E-state index contributed by atoms with van der Waals surface area (Å²) in [5.74, 6) is -0.244. The number of nitrogens with zero attached hydrogens (tertiary/aromatic N) is 2. The van der Waals surface area contributed by atoms with E-state index < -0.39 is 10.0 Å². The summed E-state index contributed by atoms with van der Waals surface area (Å²) in [5.41, 5.74) is 1.06. The third-order valence-corrected chi connectivity index (χ3v) is 6.27. The molecule has 0 aromatic heterocycles. The first kappa shape index (κ1) is 18.9. The van der Waals surface area contributed by atoms with Crippen LogP contribution in [-0.4, -0.2) is 63.8 Å². The zero-order chi connectivity index (χ0) is 17.7. The molecule has 0 bridgehead atoms. The molecule has 1 aliphatic heterocycles. The van der Waals surface area contributed by atoms with Crippen molar-refractivity contribution in [2.24, 2.45) is 0 Å². The van der Waals surface area contributed by atoms with Crippen LogP contribution in [0.15, 0.2) is 23.1 Å². The maximum atomic E-state index is 12.9. The molecule has 6 nitrogen and oxygen atoms in total. The summed E-state index contributed by atoms with van der Waals surface area (Å²) < 4.78 is 27.3. The van der Waals surface area contributed by atoms with Gasteiger partial charge in [0.1, 0.15) is 0 Å². The number of hydrogen-bond acceptors (Lipinski definition) is 4. The van der Waals surface area contributed by atoms with Gasteiger partial charge in [-0.25, -0.2) is 8.42 Å². The molecule has 1 saturated heterocycles. The van der Waals surface area contributed by atoms with E-state index in [1.807, 2.05) is 19.0 Å². The van der Waals surface area contributed by atoms with Crippen molar-refractivity contribution in [2.75, 3.05) is 40.3 Å². The predicted molar refractivity (Wildman–Crippen MR) is 94.7 cm³/mol. The average Bonchev–Trinajstić information content (AvgIpc) is 2.55. The van der Waals surface area contributed by atoms with Gasteiger partial charge < -0.3 is 10.2 Å². The van der Waals surface area contributed by atoms with Crippen molar-refractivity contribution in [3.63, 3.8) is 0 Å². The fourth-order valence-corrected chi connectivity index (χ4v) is 4.53. The third-order valence-electron chi connectivity index (χ3n) is 4.23. The Morgan fingerprint density at radius 3 is 2.50 bits per heavy atom. The van der Waals surface area contributed by atoms with E-state index in [9.17, 15) is 13.2 Å². The lowest BCUT2D eigenvalue weighted by atomic mass is 10.1. The van der Waals surface area contributed by atoms with Crippen molar-refractivity contribution in [2.45, 2.75) is 31.1 Å². The molecule has 1 heterocycles. The minimum absolute atomic E-state index is 0.240. The Morgan fingerprint density at radius 2 is 1.88 bits per heavy atom. The number of hydrogen-bond donors (Lipinski definition) is 1. The molecule has 1 N–H and O–H groups in total. The van der Waals surface area contributed by atoms with Crippen molar-refractivity contribution < 1.29 is 13.2 Å². The Hall–Kier alpha value is -1.44. The Kier molecular flexibility index (Phi) is 6.37. The van der Waals surface area contributed by atoms with Crippen LogP contribution in [0.5, 0.6) is 0 Å². The number of benzene rings is 1. The standard InChI is InChI=1S/C17H27N3O3S/c1-14-7-8-15(17(21)18-9-12-19(2)3)13-16(14)24(22,23)20-10-5-4-6-11-20/h7-8,13H,4-6,9-12H2,1-3H3,(H,18,21). The highest BCUT2D eigenvalue weighted by Crippen LogP contribution is 2.24. The summed E-state index contributed by atoms with van der Waals surface area (Å²) in [6.45, 7) is 4.14. The van der Waals surface area contributed by atoms with Crippen LogP contribution in [0.4, 0.5) is 0 Å². The minimum Gasteiger partial charge on any atom is -0.351 e. The molecular formula is C17H27N3O3S.